The molecule has 2 rings (SSSR count). The van der Waals surface area contributed by atoms with Crippen LogP contribution in [0.3, 0.4) is 0 Å². The van der Waals surface area contributed by atoms with E-state index in [0.29, 0.717) is 10.0 Å². The molecule has 0 bridgehead atoms. The molecule has 2 aromatic carbocycles. The number of methoxy groups -OCH3 is 1. The van der Waals surface area contributed by atoms with Gasteiger partial charge in [-0.05, 0) is 52.3 Å². The molecule has 104 valence electrons. The van der Waals surface area contributed by atoms with Gasteiger partial charge in [0.2, 0.25) is 0 Å². The number of hydrogen-bond donors (Lipinski definition) is 2. The Labute approximate surface area is 136 Å². The fourth-order valence-corrected chi connectivity index (χ4v) is 2.63. The number of ether oxygens (including phenoxy) is 1. The summed E-state index contributed by atoms with van der Waals surface area (Å²) in [7, 11) is 1.62. The molecule has 3 nitrogen and oxygen atoms in total. The summed E-state index contributed by atoms with van der Waals surface area (Å²) in [6, 6.07) is 11.0. The molecule has 0 heterocycles. The van der Waals surface area contributed by atoms with Crippen LogP contribution in [-0.2, 0) is 0 Å². The lowest BCUT2D eigenvalue weighted by atomic mass is 10.1. The molecule has 3 N–H and O–H groups in total. The van der Waals surface area contributed by atoms with Gasteiger partial charge in [0.05, 0.1) is 17.3 Å². The first kappa shape index (κ1) is 15.1. The lowest BCUT2D eigenvalue weighted by Gasteiger charge is -2.13. The summed E-state index contributed by atoms with van der Waals surface area (Å²) in [6.07, 6.45) is 0. The summed E-state index contributed by atoms with van der Waals surface area (Å²) in [6.45, 7) is 0. The van der Waals surface area contributed by atoms with Crippen LogP contribution in [0, 0.1) is 0 Å². The minimum absolute atomic E-state index is 0.316. The average molecular weight is 372 g/mol. The number of hydrogen-bond acceptors (Lipinski definition) is 3. The Morgan fingerprint density at radius 1 is 1.30 bits per heavy atom. The van der Waals surface area contributed by atoms with Crippen LogP contribution in [-0.4, -0.2) is 12.1 Å². The van der Waals surface area contributed by atoms with Crippen LogP contribution >= 0.6 is 39.7 Å². The van der Waals surface area contributed by atoms with Crippen molar-refractivity contribution in [2.24, 2.45) is 5.73 Å². The molecule has 0 spiro atoms. The number of benzene rings is 2. The highest BCUT2D eigenvalue weighted by atomic mass is 79.9. The second-order valence-corrected chi connectivity index (χ2v) is 5.76. The van der Waals surface area contributed by atoms with E-state index in [1.54, 1.807) is 25.3 Å². The van der Waals surface area contributed by atoms with Crippen LogP contribution in [0.15, 0.2) is 40.9 Å². The smallest absolute Gasteiger partial charge is 0.133 e. The molecule has 0 aromatic heterocycles. The van der Waals surface area contributed by atoms with E-state index in [9.17, 15) is 0 Å². The van der Waals surface area contributed by atoms with Gasteiger partial charge in [-0.2, -0.15) is 0 Å². The lowest BCUT2D eigenvalue weighted by Crippen LogP contribution is -2.11. The molecule has 0 aliphatic heterocycles. The Balaban J connectivity index is 2.36. The monoisotopic (exact) mass is 370 g/mol. The van der Waals surface area contributed by atoms with Crippen molar-refractivity contribution in [1.29, 1.82) is 0 Å². The third kappa shape index (κ3) is 3.42. The molecule has 2 aromatic rings. The number of nitrogens with one attached hydrogen (secondary N) is 1. The van der Waals surface area contributed by atoms with Gasteiger partial charge in [0.15, 0.2) is 0 Å². The average Bonchev–Trinajstić information content (AvgIpc) is 2.38. The van der Waals surface area contributed by atoms with Gasteiger partial charge in [0.25, 0.3) is 0 Å². The molecule has 0 amide bonds. The Kier molecular flexibility index (Phi) is 4.86. The topological polar surface area (TPSA) is 47.3 Å². The van der Waals surface area contributed by atoms with Crippen molar-refractivity contribution < 1.29 is 4.74 Å². The van der Waals surface area contributed by atoms with Gasteiger partial charge in [-0.15, -0.1) is 0 Å². The fourth-order valence-electron chi connectivity index (χ4n) is 1.73. The third-order valence-electron chi connectivity index (χ3n) is 2.68. The minimum atomic E-state index is 0.316. The number of thiocarbonyl (C=S) groups is 1. The summed E-state index contributed by atoms with van der Waals surface area (Å²) in [5, 5.41) is 3.86. The van der Waals surface area contributed by atoms with Gasteiger partial charge < -0.3 is 15.8 Å². The Hall–Kier alpha value is -1.30. The summed E-state index contributed by atoms with van der Waals surface area (Å²) in [5.41, 5.74) is 8.10. The third-order valence-corrected chi connectivity index (χ3v) is 3.75. The van der Waals surface area contributed by atoms with E-state index in [2.05, 4.69) is 21.2 Å². The molecule has 0 saturated carbocycles. The maximum atomic E-state index is 6.01. The van der Waals surface area contributed by atoms with Gasteiger partial charge in [0, 0.05) is 16.3 Å². The van der Waals surface area contributed by atoms with Crippen molar-refractivity contribution in [1.82, 2.24) is 0 Å². The standard InChI is InChI=1S/C14H12BrClN2OS/c1-19-13-5-3-9(7-11(13)15)18-12-6-8(16)2-4-10(12)14(17)20/h2-7,18H,1H3,(H2,17,20). The maximum absolute atomic E-state index is 6.01. The van der Waals surface area contributed by atoms with Crippen LogP contribution in [0.1, 0.15) is 5.56 Å². The summed E-state index contributed by atoms with van der Waals surface area (Å²) >= 11 is 14.5. The largest absolute Gasteiger partial charge is 0.496 e. The Morgan fingerprint density at radius 3 is 2.65 bits per heavy atom. The lowest BCUT2D eigenvalue weighted by molar-refractivity contribution is 0.412. The van der Waals surface area contributed by atoms with E-state index in [4.69, 9.17) is 34.3 Å². The van der Waals surface area contributed by atoms with Crippen LogP contribution in [0.4, 0.5) is 11.4 Å². The summed E-state index contributed by atoms with van der Waals surface area (Å²) in [4.78, 5) is 0.316. The fraction of sp³-hybridized carbons (Fsp3) is 0.0714. The summed E-state index contributed by atoms with van der Waals surface area (Å²) < 4.78 is 6.05. The van der Waals surface area contributed by atoms with E-state index >= 15 is 0 Å². The van der Waals surface area contributed by atoms with Crippen LogP contribution < -0.4 is 15.8 Å². The van der Waals surface area contributed by atoms with E-state index in [0.717, 1.165) is 27.2 Å². The van der Waals surface area contributed by atoms with Gasteiger partial charge in [-0.3, -0.25) is 0 Å². The van der Waals surface area contributed by atoms with E-state index in [1.807, 2.05) is 18.2 Å². The molecule has 0 atom stereocenters. The predicted molar refractivity (Wildman–Crippen MR) is 91.3 cm³/mol. The molecule has 0 aliphatic rings. The number of anilines is 2. The SMILES string of the molecule is COc1ccc(Nc2cc(Cl)ccc2C(N)=S)cc1Br. The minimum Gasteiger partial charge on any atom is -0.496 e. The highest BCUT2D eigenvalue weighted by molar-refractivity contribution is 9.10. The van der Waals surface area contributed by atoms with Crippen molar-refractivity contribution in [3.05, 3.63) is 51.5 Å². The highest BCUT2D eigenvalue weighted by Crippen LogP contribution is 2.31. The zero-order chi connectivity index (χ0) is 14.7. The molecule has 0 unspecified atom stereocenters. The molecule has 20 heavy (non-hydrogen) atoms. The number of nitrogens with two attached hydrogens (primary N) is 1. The van der Waals surface area contributed by atoms with Gasteiger partial charge in [0.1, 0.15) is 10.7 Å². The first-order valence-electron chi connectivity index (χ1n) is 5.71. The van der Waals surface area contributed by atoms with Crippen molar-refractivity contribution in [2.45, 2.75) is 0 Å². The van der Waals surface area contributed by atoms with E-state index < -0.39 is 0 Å². The predicted octanol–water partition coefficient (Wildman–Crippen LogP) is 4.49. The molecule has 0 radical (unpaired) electrons. The van der Waals surface area contributed by atoms with Crippen LogP contribution in [0.5, 0.6) is 5.75 Å². The van der Waals surface area contributed by atoms with Crippen molar-refractivity contribution in [3.63, 3.8) is 0 Å². The highest BCUT2D eigenvalue weighted by Gasteiger charge is 2.08. The molecule has 0 saturated heterocycles. The maximum Gasteiger partial charge on any atom is 0.133 e. The Bertz CT molecular complexity index is 664. The second-order valence-electron chi connectivity index (χ2n) is 4.03. The zero-order valence-corrected chi connectivity index (χ0v) is 13.8. The normalized spacial score (nSPS) is 10.2. The Morgan fingerprint density at radius 2 is 2.05 bits per heavy atom. The molecule has 0 fully saturated rings. The van der Waals surface area contributed by atoms with Crippen LogP contribution in [0.25, 0.3) is 0 Å². The van der Waals surface area contributed by atoms with Crippen molar-refractivity contribution in [2.75, 3.05) is 12.4 Å². The first-order chi connectivity index (χ1) is 9.51. The van der Waals surface area contributed by atoms with Crippen LogP contribution in [0.2, 0.25) is 5.02 Å². The zero-order valence-electron chi connectivity index (χ0n) is 10.6. The quantitative estimate of drug-likeness (QED) is 0.777. The number of rotatable bonds is 4. The molecule has 6 heteroatoms. The van der Waals surface area contributed by atoms with Gasteiger partial charge in [-0.25, -0.2) is 0 Å². The van der Waals surface area contributed by atoms with Gasteiger partial charge in [-0.1, -0.05) is 23.8 Å². The first-order valence-corrected chi connectivity index (χ1v) is 7.29. The van der Waals surface area contributed by atoms with Crippen molar-refractivity contribution in [3.8, 4) is 5.75 Å². The van der Waals surface area contributed by atoms with Crippen molar-refractivity contribution >= 4 is 56.1 Å². The molecular weight excluding hydrogens is 360 g/mol. The van der Waals surface area contributed by atoms with E-state index in [-0.39, 0.29) is 0 Å². The molecular formula is C14H12BrClN2OS. The summed E-state index contributed by atoms with van der Waals surface area (Å²) in [5.74, 6) is 0.760. The van der Waals surface area contributed by atoms with Gasteiger partial charge >= 0.3 is 0 Å². The number of halogens is 2. The second kappa shape index (κ2) is 6.43. The molecule has 0 aliphatic carbocycles. The van der Waals surface area contributed by atoms with E-state index in [1.165, 1.54) is 0 Å².